The minimum Gasteiger partial charge on any atom is -0.465 e. The Bertz CT molecular complexity index is 238. The van der Waals surface area contributed by atoms with Gasteiger partial charge in [0, 0.05) is 6.42 Å². The number of unbranched alkanes of at least 4 members (excludes halogenated alkanes) is 8. The van der Waals surface area contributed by atoms with Crippen molar-refractivity contribution >= 4 is 5.97 Å². The first kappa shape index (κ1) is 21.5. The van der Waals surface area contributed by atoms with Crippen LogP contribution in [-0.2, 0) is 9.53 Å². The molecular weight excluding hydrogens is 272 g/mol. The van der Waals surface area contributed by atoms with E-state index in [2.05, 4.69) is 20.8 Å². The summed E-state index contributed by atoms with van der Waals surface area (Å²) in [5.41, 5.74) is 0. The van der Waals surface area contributed by atoms with E-state index < -0.39 is 0 Å². The van der Waals surface area contributed by atoms with E-state index in [0.717, 1.165) is 6.42 Å². The average Bonchev–Trinajstić information content (AvgIpc) is 2.53. The van der Waals surface area contributed by atoms with Crippen LogP contribution in [0.3, 0.4) is 0 Å². The van der Waals surface area contributed by atoms with E-state index in [0.29, 0.717) is 18.9 Å². The van der Waals surface area contributed by atoms with Crippen LogP contribution in [0.15, 0.2) is 0 Å². The molecule has 0 fully saturated rings. The molecule has 0 aromatic carbocycles. The highest BCUT2D eigenvalue weighted by Gasteiger charge is 2.11. The highest BCUT2D eigenvalue weighted by atomic mass is 16.5. The Morgan fingerprint density at radius 3 is 1.91 bits per heavy atom. The number of esters is 1. The zero-order valence-corrected chi connectivity index (χ0v) is 15.5. The number of rotatable bonds is 16. The van der Waals surface area contributed by atoms with E-state index in [1.807, 2.05) is 0 Å². The molecule has 0 aliphatic carbocycles. The van der Waals surface area contributed by atoms with E-state index in [1.54, 1.807) is 0 Å². The summed E-state index contributed by atoms with van der Waals surface area (Å²) < 4.78 is 5.53. The Morgan fingerprint density at radius 1 is 0.727 bits per heavy atom. The summed E-state index contributed by atoms with van der Waals surface area (Å²) in [5.74, 6) is 0.604. The third-order valence-corrected chi connectivity index (χ3v) is 4.40. The van der Waals surface area contributed by atoms with Crippen molar-refractivity contribution in [2.45, 2.75) is 111 Å². The highest BCUT2D eigenvalue weighted by Crippen LogP contribution is 2.18. The van der Waals surface area contributed by atoms with Gasteiger partial charge in [-0.25, -0.2) is 0 Å². The summed E-state index contributed by atoms with van der Waals surface area (Å²) >= 11 is 0. The zero-order chi connectivity index (χ0) is 16.5. The Labute approximate surface area is 139 Å². The molecule has 0 bridgehead atoms. The molecule has 0 aromatic rings. The smallest absolute Gasteiger partial charge is 0.305 e. The lowest BCUT2D eigenvalue weighted by molar-refractivity contribution is -0.145. The SMILES string of the molecule is CCCCCCCC(=O)OCC(CCCC)CCCCCC. The Kier molecular flexibility index (Phi) is 16.4. The summed E-state index contributed by atoms with van der Waals surface area (Å²) in [7, 11) is 0. The number of carbonyl (C=O) groups is 1. The summed E-state index contributed by atoms with van der Waals surface area (Å²) in [6.07, 6.45) is 16.7. The van der Waals surface area contributed by atoms with Crippen LogP contribution in [0.4, 0.5) is 0 Å². The topological polar surface area (TPSA) is 26.3 Å². The maximum absolute atomic E-state index is 11.8. The molecule has 0 N–H and O–H groups in total. The Hall–Kier alpha value is -0.530. The van der Waals surface area contributed by atoms with Gasteiger partial charge in [0.15, 0.2) is 0 Å². The van der Waals surface area contributed by atoms with Crippen LogP contribution >= 0.6 is 0 Å². The van der Waals surface area contributed by atoms with Gasteiger partial charge in [0.1, 0.15) is 0 Å². The second kappa shape index (κ2) is 16.8. The summed E-state index contributed by atoms with van der Waals surface area (Å²) in [5, 5.41) is 0. The Balaban J connectivity index is 3.76. The molecule has 0 saturated heterocycles. The largest absolute Gasteiger partial charge is 0.465 e. The van der Waals surface area contributed by atoms with Crippen LogP contribution in [0.1, 0.15) is 111 Å². The van der Waals surface area contributed by atoms with Crippen molar-refractivity contribution in [3.63, 3.8) is 0 Å². The van der Waals surface area contributed by atoms with Gasteiger partial charge in [0.05, 0.1) is 6.61 Å². The molecule has 2 nitrogen and oxygen atoms in total. The van der Waals surface area contributed by atoms with Gasteiger partial charge in [-0.15, -0.1) is 0 Å². The van der Waals surface area contributed by atoms with Crippen molar-refractivity contribution in [1.29, 1.82) is 0 Å². The first-order valence-corrected chi connectivity index (χ1v) is 9.90. The molecule has 2 heteroatoms. The molecule has 22 heavy (non-hydrogen) atoms. The molecule has 0 heterocycles. The second-order valence-corrected chi connectivity index (χ2v) is 6.70. The summed E-state index contributed by atoms with van der Waals surface area (Å²) in [6.45, 7) is 7.35. The minimum atomic E-state index is 0.0200. The number of ether oxygens (including phenoxy) is 1. The van der Waals surface area contributed by atoms with E-state index >= 15 is 0 Å². The van der Waals surface area contributed by atoms with Gasteiger partial charge >= 0.3 is 5.97 Å². The molecule has 1 atom stereocenters. The molecular formula is C20H40O2. The van der Waals surface area contributed by atoms with Crippen molar-refractivity contribution in [3.8, 4) is 0 Å². The van der Waals surface area contributed by atoms with Gasteiger partial charge in [-0.3, -0.25) is 4.79 Å². The van der Waals surface area contributed by atoms with Crippen LogP contribution in [0.5, 0.6) is 0 Å². The van der Waals surface area contributed by atoms with Gasteiger partial charge in [0.2, 0.25) is 0 Å². The quantitative estimate of drug-likeness (QED) is 0.235. The fraction of sp³-hybridized carbons (Fsp3) is 0.950. The molecule has 0 aliphatic rings. The third-order valence-electron chi connectivity index (χ3n) is 4.40. The van der Waals surface area contributed by atoms with Gasteiger partial charge in [-0.05, 0) is 25.2 Å². The van der Waals surface area contributed by atoms with Crippen molar-refractivity contribution in [2.75, 3.05) is 6.61 Å². The fourth-order valence-electron chi connectivity index (χ4n) is 2.82. The van der Waals surface area contributed by atoms with E-state index in [-0.39, 0.29) is 5.97 Å². The summed E-state index contributed by atoms with van der Waals surface area (Å²) in [4.78, 5) is 11.8. The molecule has 0 saturated carbocycles. The third kappa shape index (κ3) is 14.4. The van der Waals surface area contributed by atoms with Crippen LogP contribution in [0, 0.1) is 5.92 Å². The number of hydrogen-bond acceptors (Lipinski definition) is 2. The fourth-order valence-corrected chi connectivity index (χ4v) is 2.82. The predicted molar refractivity (Wildman–Crippen MR) is 96.1 cm³/mol. The van der Waals surface area contributed by atoms with Crippen LogP contribution in [0.25, 0.3) is 0 Å². The van der Waals surface area contributed by atoms with Crippen molar-refractivity contribution in [1.82, 2.24) is 0 Å². The van der Waals surface area contributed by atoms with Gasteiger partial charge in [-0.1, -0.05) is 85.0 Å². The molecule has 0 rings (SSSR count). The molecule has 0 aliphatic heterocycles. The van der Waals surface area contributed by atoms with Crippen molar-refractivity contribution < 1.29 is 9.53 Å². The lowest BCUT2D eigenvalue weighted by atomic mass is 9.96. The molecule has 132 valence electrons. The van der Waals surface area contributed by atoms with Crippen molar-refractivity contribution in [2.24, 2.45) is 5.92 Å². The lowest BCUT2D eigenvalue weighted by Crippen LogP contribution is -2.14. The maximum atomic E-state index is 11.8. The van der Waals surface area contributed by atoms with E-state index in [1.165, 1.54) is 77.0 Å². The van der Waals surface area contributed by atoms with Crippen LogP contribution in [-0.4, -0.2) is 12.6 Å². The zero-order valence-electron chi connectivity index (χ0n) is 15.5. The summed E-state index contributed by atoms with van der Waals surface area (Å²) in [6, 6.07) is 0. The minimum absolute atomic E-state index is 0.0200. The monoisotopic (exact) mass is 312 g/mol. The molecule has 0 spiro atoms. The standard InChI is InChI=1S/C20H40O2/c1-4-7-10-12-14-17-20(21)22-18-19(15-9-6-3)16-13-11-8-5-2/h19H,4-18H2,1-3H3. The first-order chi connectivity index (χ1) is 10.7. The van der Waals surface area contributed by atoms with Crippen LogP contribution in [0.2, 0.25) is 0 Å². The maximum Gasteiger partial charge on any atom is 0.305 e. The average molecular weight is 313 g/mol. The lowest BCUT2D eigenvalue weighted by Gasteiger charge is -2.16. The Morgan fingerprint density at radius 2 is 1.27 bits per heavy atom. The number of carbonyl (C=O) groups excluding carboxylic acids is 1. The molecule has 0 aromatic heterocycles. The highest BCUT2D eigenvalue weighted by molar-refractivity contribution is 5.69. The molecule has 0 radical (unpaired) electrons. The number of hydrogen-bond donors (Lipinski definition) is 0. The van der Waals surface area contributed by atoms with Gasteiger partial charge in [-0.2, -0.15) is 0 Å². The van der Waals surface area contributed by atoms with Gasteiger partial charge in [0.25, 0.3) is 0 Å². The van der Waals surface area contributed by atoms with E-state index in [4.69, 9.17) is 4.74 Å². The second-order valence-electron chi connectivity index (χ2n) is 6.70. The predicted octanol–water partition coefficient (Wildman–Crippen LogP) is 6.67. The van der Waals surface area contributed by atoms with Crippen LogP contribution < -0.4 is 0 Å². The first-order valence-electron chi connectivity index (χ1n) is 9.90. The normalized spacial score (nSPS) is 12.3. The van der Waals surface area contributed by atoms with E-state index in [9.17, 15) is 4.79 Å². The molecule has 0 amide bonds. The van der Waals surface area contributed by atoms with Gasteiger partial charge < -0.3 is 4.74 Å². The van der Waals surface area contributed by atoms with Crippen molar-refractivity contribution in [3.05, 3.63) is 0 Å². The molecule has 1 unspecified atom stereocenters.